The fourth-order valence-corrected chi connectivity index (χ4v) is 2.75. The molecule has 9 heteroatoms. The van der Waals surface area contributed by atoms with Gasteiger partial charge in [0, 0.05) is 6.54 Å². The van der Waals surface area contributed by atoms with Crippen molar-refractivity contribution in [3.63, 3.8) is 0 Å². The first-order chi connectivity index (χ1) is 14.2. The molecule has 0 atom stereocenters. The van der Waals surface area contributed by atoms with E-state index >= 15 is 0 Å². The molecule has 5 nitrogen and oxygen atoms in total. The van der Waals surface area contributed by atoms with Crippen LogP contribution in [0.15, 0.2) is 30.3 Å². The van der Waals surface area contributed by atoms with Crippen LogP contribution in [0.5, 0.6) is 0 Å². The van der Waals surface area contributed by atoms with Gasteiger partial charge in [0.15, 0.2) is 17.5 Å². The summed E-state index contributed by atoms with van der Waals surface area (Å²) in [4.78, 5) is 25.9. The first-order valence-electron chi connectivity index (χ1n) is 9.38. The van der Waals surface area contributed by atoms with E-state index in [9.17, 15) is 27.2 Å². The van der Waals surface area contributed by atoms with Gasteiger partial charge in [-0.15, -0.1) is 0 Å². The Labute approximate surface area is 172 Å². The molecule has 2 N–H and O–H groups in total. The lowest BCUT2D eigenvalue weighted by Gasteiger charge is -2.20. The van der Waals surface area contributed by atoms with Crippen molar-refractivity contribution in [3.8, 4) is 0 Å². The van der Waals surface area contributed by atoms with E-state index in [1.807, 2.05) is 6.92 Å². The van der Waals surface area contributed by atoms with Crippen LogP contribution >= 0.6 is 0 Å². The zero-order valence-corrected chi connectivity index (χ0v) is 16.7. The van der Waals surface area contributed by atoms with Crippen molar-refractivity contribution in [2.45, 2.75) is 26.8 Å². The Bertz CT molecular complexity index is 921. The number of nitrogens with one attached hydrogen (secondary N) is 2. The number of carbonyl (C=O) groups excluding carboxylic acids is 2. The molecular formula is C21H23F4N3O2. The van der Waals surface area contributed by atoms with E-state index in [2.05, 4.69) is 10.6 Å². The Morgan fingerprint density at radius 2 is 1.63 bits per heavy atom. The van der Waals surface area contributed by atoms with Crippen LogP contribution in [-0.4, -0.2) is 36.3 Å². The molecule has 0 bridgehead atoms. The van der Waals surface area contributed by atoms with Crippen molar-refractivity contribution in [3.05, 3.63) is 64.7 Å². The van der Waals surface area contributed by atoms with Gasteiger partial charge in [-0.25, -0.2) is 17.6 Å². The number of aryl methyl sites for hydroxylation is 1. The molecule has 2 rings (SSSR count). The van der Waals surface area contributed by atoms with Crippen LogP contribution in [-0.2, 0) is 16.1 Å². The Kier molecular flexibility index (Phi) is 8.35. The molecule has 2 aromatic rings. The highest BCUT2D eigenvalue weighted by atomic mass is 19.2. The quantitative estimate of drug-likeness (QED) is 0.478. The normalized spacial score (nSPS) is 10.9. The molecule has 0 unspecified atom stereocenters. The second-order valence-corrected chi connectivity index (χ2v) is 6.84. The summed E-state index contributed by atoms with van der Waals surface area (Å²) in [6.07, 6.45) is 0.642. The summed E-state index contributed by atoms with van der Waals surface area (Å²) in [6, 6.07) is 6.28. The van der Waals surface area contributed by atoms with Crippen LogP contribution in [0.2, 0.25) is 0 Å². The average Bonchev–Trinajstić information content (AvgIpc) is 2.69. The fraction of sp³-hybridized carbons (Fsp3) is 0.333. The highest BCUT2D eigenvalue weighted by molar-refractivity contribution is 5.92. The topological polar surface area (TPSA) is 61.4 Å². The van der Waals surface area contributed by atoms with Crippen molar-refractivity contribution >= 4 is 17.5 Å². The number of hydrogen-bond acceptors (Lipinski definition) is 3. The molecule has 0 radical (unpaired) electrons. The van der Waals surface area contributed by atoms with Gasteiger partial charge in [-0.1, -0.05) is 19.1 Å². The minimum Gasteiger partial charge on any atom is -0.351 e. The summed E-state index contributed by atoms with van der Waals surface area (Å²) in [7, 11) is 0. The maximum absolute atomic E-state index is 13.7. The molecule has 30 heavy (non-hydrogen) atoms. The van der Waals surface area contributed by atoms with E-state index in [-0.39, 0.29) is 31.4 Å². The van der Waals surface area contributed by atoms with Gasteiger partial charge in [0.25, 0.3) is 0 Å². The van der Waals surface area contributed by atoms with E-state index < -0.39 is 29.0 Å². The third-order valence-electron chi connectivity index (χ3n) is 4.31. The van der Waals surface area contributed by atoms with Gasteiger partial charge in [-0.05, 0) is 49.2 Å². The van der Waals surface area contributed by atoms with Gasteiger partial charge in [-0.2, -0.15) is 0 Å². The van der Waals surface area contributed by atoms with Gasteiger partial charge in [0.05, 0.1) is 18.8 Å². The van der Waals surface area contributed by atoms with E-state index in [0.717, 1.165) is 6.07 Å². The SMILES string of the molecule is CCCN(CC(=O)NCc1ccc(C)c(F)c1)CC(=O)Nc1ccc(F)c(F)c1F. The van der Waals surface area contributed by atoms with Gasteiger partial charge < -0.3 is 10.6 Å². The summed E-state index contributed by atoms with van der Waals surface area (Å²) in [6.45, 7) is 3.65. The molecular weight excluding hydrogens is 402 g/mol. The largest absolute Gasteiger partial charge is 0.351 e. The Morgan fingerprint density at radius 3 is 2.30 bits per heavy atom. The molecule has 0 aliphatic rings. The van der Waals surface area contributed by atoms with Gasteiger partial charge in [0.2, 0.25) is 11.8 Å². The average molecular weight is 425 g/mol. The maximum Gasteiger partial charge on any atom is 0.238 e. The number of hydrogen-bond donors (Lipinski definition) is 2. The number of anilines is 1. The number of benzene rings is 2. The molecule has 2 aromatic carbocycles. The minimum absolute atomic E-state index is 0.115. The van der Waals surface area contributed by atoms with E-state index in [1.165, 1.54) is 11.0 Å². The van der Waals surface area contributed by atoms with Crippen LogP contribution in [0.1, 0.15) is 24.5 Å². The predicted octanol–water partition coefficient (Wildman–Crippen LogP) is 3.52. The second-order valence-electron chi connectivity index (χ2n) is 6.84. The standard InChI is InChI=1S/C21H23F4N3O2/c1-3-8-28(11-18(29)26-10-14-5-4-13(2)16(23)9-14)12-19(30)27-17-7-6-15(22)20(24)21(17)25/h4-7,9H,3,8,10-12H2,1-2H3,(H,26,29)(H,27,30). The van der Waals surface area contributed by atoms with Crippen molar-refractivity contribution in [2.75, 3.05) is 25.0 Å². The van der Waals surface area contributed by atoms with Crippen LogP contribution in [0.25, 0.3) is 0 Å². The summed E-state index contributed by atoms with van der Waals surface area (Å²) in [5.74, 6) is -5.95. The van der Waals surface area contributed by atoms with Gasteiger partial charge in [0.1, 0.15) is 5.82 Å². The third-order valence-corrected chi connectivity index (χ3v) is 4.31. The zero-order valence-electron chi connectivity index (χ0n) is 16.7. The minimum atomic E-state index is -1.68. The number of amides is 2. The number of carbonyl (C=O) groups is 2. The molecule has 0 spiro atoms. The molecule has 0 saturated heterocycles. The van der Waals surface area contributed by atoms with E-state index in [4.69, 9.17) is 0 Å². The second kappa shape index (κ2) is 10.7. The Morgan fingerprint density at radius 1 is 0.933 bits per heavy atom. The Hall–Kier alpha value is -2.94. The smallest absolute Gasteiger partial charge is 0.238 e. The summed E-state index contributed by atoms with van der Waals surface area (Å²) < 4.78 is 53.5. The highest BCUT2D eigenvalue weighted by Crippen LogP contribution is 2.19. The van der Waals surface area contributed by atoms with Crippen LogP contribution in [0, 0.1) is 30.2 Å². The zero-order chi connectivity index (χ0) is 22.3. The van der Waals surface area contributed by atoms with Crippen LogP contribution in [0.4, 0.5) is 23.2 Å². The van der Waals surface area contributed by atoms with Crippen LogP contribution < -0.4 is 10.6 Å². The molecule has 2 amide bonds. The van der Waals surface area contributed by atoms with Crippen molar-refractivity contribution in [1.29, 1.82) is 0 Å². The molecule has 162 valence electrons. The fourth-order valence-electron chi connectivity index (χ4n) is 2.75. The molecule has 0 fully saturated rings. The van der Waals surface area contributed by atoms with E-state index in [0.29, 0.717) is 30.2 Å². The summed E-state index contributed by atoms with van der Waals surface area (Å²) in [5.41, 5.74) is 0.615. The molecule has 0 aromatic heterocycles. The summed E-state index contributed by atoms with van der Waals surface area (Å²) in [5, 5.41) is 4.82. The Balaban J connectivity index is 1.91. The van der Waals surface area contributed by atoms with Crippen molar-refractivity contribution in [2.24, 2.45) is 0 Å². The van der Waals surface area contributed by atoms with Crippen molar-refractivity contribution < 1.29 is 27.2 Å². The van der Waals surface area contributed by atoms with Crippen molar-refractivity contribution in [1.82, 2.24) is 10.2 Å². The predicted molar refractivity (Wildman–Crippen MR) is 105 cm³/mol. The van der Waals surface area contributed by atoms with Crippen LogP contribution in [0.3, 0.4) is 0 Å². The molecule has 0 saturated carbocycles. The molecule has 0 heterocycles. The third kappa shape index (κ3) is 6.55. The maximum atomic E-state index is 13.7. The lowest BCUT2D eigenvalue weighted by atomic mass is 10.1. The first-order valence-corrected chi connectivity index (χ1v) is 9.38. The summed E-state index contributed by atoms with van der Waals surface area (Å²) >= 11 is 0. The number of halogens is 4. The number of rotatable bonds is 9. The van der Waals surface area contributed by atoms with E-state index in [1.54, 1.807) is 19.1 Å². The molecule has 0 aliphatic heterocycles. The van der Waals surface area contributed by atoms with Gasteiger partial charge in [-0.3, -0.25) is 14.5 Å². The lowest BCUT2D eigenvalue weighted by Crippen LogP contribution is -2.41. The first kappa shape index (κ1) is 23.3. The lowest BCUT2D eigenvalue weighted by molar-refractivity contribution is -0.123. The number of nitrogens with zero attached hydrogens (tertiary/aromatic N) is 1. The molecule has 0 aliphatic carbocycles. The monoisotopic (exact) mass is 425 g/mol. The van der Waals surface area contributed by atoms with Gasteiger partial charge >= 0.3 is 0 Å². The highest BCUT2D eigenvalue weighted by Gasteiger charge is 2.18.